The van der Waals surface area contributed by atoms with Gasteiger partial charge in [-0.1, -0.05) is 182 Å². The minimum Gasteiger partial charge on any atom is -0.310 e. The Bertz CT molecular complexity index is 2830. The lowest BCUT2D eigenvalue weighted by Gasteiger charge is -2.26. The van der Waals surface area contributed by atoms with E-state index in [0.717, 1.165) is 17.1 Å². The molecule has 0 unspecified atom stereocenters. The molecule has 258 valence electrons. The van der Waals surface area contributed by atoms with Crippen molar-refractivity contribution in [2.24, 2.45) is 0 Å². The van der Waals surface area contributed by atoms with E-state index in [4.69, 9.17) is 0 Å². The summed E-state index contributed by atoms with van der Waals surface area (Å²) in [5.41, 5.74) is 13.0. The Kier molecular flexibility index (Phi) is 8.24. The van der Waals surface area contributed by atoms with Crippen LogP contribution in [0.5, 0.6) is 0 Å². The fourth-order valence-electron chi connectivity index (χ4n) is 8.13. The first-order valence-electron chi connectivity index (χ1n) is 18.9. The number of hydrogen-bond donors (Lipinski definition) is 0. The molecule has 0 heterocycles. The second kappa shape index (κ2) is 14.0. The topological polar surface area (TPSA) is 3.24 Å². The van der Waals surface area contributed by atoms with E-state index in [9.17, 15) is 0 Å². The van der Waals surface area contributed by atoms with Crippen LogP contribution in [0.3, 0.4) is 0 Å². The second-order valence-corrected chi connectivity index (χ2v) is 14.1. The van der Waals surface area contributed by atoms with Crippen molar-refractivity contribution in [2.45, 2.75) is 0 Å². The number of fused-ring (bicyclic) bond motifs is 3. The van der Waals surface area contributed by atoms with Gasteiger partial charge in [0.2, 0.25) is 0 Å². The quantitative estimate of drug-likeness (QED) is 0.160. The van der Waals surface area contributed by atoms with E-state index in [2.05, 4.69) is 229 Å². The molecular formula is C54H37N. The molecule has 0 aliphatic rings. The van der Waals surface area contributed by atoms with E-state index in [-0.39, 0.29) is 0 Å². The predicted molar refractivity (Wildman–Crippen MR) is 235 cm³/mol. The van der Waals surface area contributed by atoms with Crippen molar-refractivity contribution in [3.8, 4) is 44.5 Å². The average Bonchev–Trinajstić information content (AvgIpc) is 3.27. The standard InChI is InChI=1S/C54H37N/c1-2-12-38(13-3-1)53-25-11-18-41-26-27-45(37-54(41)53)44-19-8-20-48(36-44)55(46-32-28-42(29-33-46)51-23-9-16-39-14-4-6-21-49(39)51)47-34-30-43(31-35-47)52-24-10-17-40-15-5-7-22-50(40)52/h1-37H. The Hall–Kier alpha value is -7.22. The normalized spacial score (nSPS) is 11.3. The third kappa shape index (κ3) is 6.12. The van der Waals surface area contributed by atoms with Crippen LogP contribution in [0.4, 0.5) is 17.1 Å². The predicted octanol–water partition coefficient (Wildman–Crippen LogP) is 15.3. The number of rotatable bonds is 7. The highest BCUT2D eigenvalue weighted by Gasteiger charge is 2.16. The smallest absolute Gasteiger partial charge is 0.0467 e. The van der Waals surface area contributed by atoms with Crippen LogP contribution < -0.4 is 4.90 Å². The van der Waals surface area contributed by atoms with Crippen molar-refractivity contribution >= 4 is 49.4 Å². The number of hydrogen-bond acceptors (Lipinski definition) is 1. The molecule has 1 heteroatoms. The van der Waals surface area contributed by atoms with E-state index >= 15 is 0 Å². The highest BCUT2D eigenvalue weighted by molar-refractivity contribution is 6.00. The number of benzene rings is 10. The van der Waals surface area contributed by atoms with Crippen LogP contribution in [-0.2, 0) is 0 Å². The maximum absolute atomic E-state index is 2.37. The van der Waals surface area contributed by atoms with Gasteiger partial charge < -0.3 is 4.90 Å². The lowest BCUT2D eigenvalue weighted by atomic mass is 9.94. The van der Waals surface area contributed by atoms with Crippen LogP contribution in [0.25, 0.3) is 76.8 Å². The SMILES string of the molecule is c1ccc(-c2cccc3ccc(-c4cccc(N(c5ccc(-c6cccc7ccccc67)cc5)c5ccc(-c6cccc7ccccc67)cc5)c4)cc23)cc1. The zero-order chi connectivity index (χ0) is 36.6. The van der Waals surface area contributed by atoms with Crippen molar-refractivity contribution in [1.29, 1.82) is 0 Å². The zero-order valence-corrected chi connectivity index (χ0v) is 30.3. The van der Waals surface area contributed by atoms with E-state index < -0.39 is 0 Å². The fraction of sp³-hybridized carbons (Fsp3) is 0. The molecule has 0 saturated heterocycles. The summed E-state index contributed by atoms with van der Waals surface area (Å²) in [6.07, 6.45) is 0. The van der Waals surface area contributed by atoms with Crippen LogP contribution in [0.15, 0.2) is 224 Å². The van der Waals surface area contributed by atoms with Crippen LogP contribution in [0, 0.1) is 0 Å². The van der Waals surface area contributed by atoms with E-state index in [0.29, 0.717) is 0 Å². The first-order valence-corrected chi connectivity index (χ1v) is 18.9. The summed E-state index contributed by atoms with van der Waals surface area (Å²) >= 11 is 0. The Morgan fingerprint density at radius 1 is 0.218 bits per heavy atom. The zero-order valence-electron chi connectivity index (χ0n) is 30.3. The lowest BCUT2D eigenvalue weighted by Crippen LogP contribution is -2.10. The molecule has 10 aromatic carbocycles. The first kappa shape index (κ1) is 32.4. The summed E-state index contributed by atoms with van der Waals surface area (Å²) in [6.45, 7) is 0. The average molecular weight is 700 g/mol. The highest BCUT2D eigenvalue weighted by Crippen LogP contribution is 2.40. The van der Waals surface area contributed by atoms with Gasteiger partial charge in [-0.15, -0.1) is 0 Å². The maximum atomic E-state index is 2.37. The van der Waals surface area contributed by atoms with Crippen molar-refractivity contribution in [3.63, 3.8) is 0 Å². The molecule has 0 spiro atoms. The Morgan fingerprint density at radius 3 is 1.20 bits per heavy atom. The van der Waals surface area contributed by atoms with Gasteiger partial charge in [0.1, 0.15) is 0 Å². The van der Waals surface area contributed by atoms with Gasteiger partial charge in [0.25, 0.3) is 0 Å². The van der Waals surface area contributed by atoms with E-state index in [1.165, 1.54) is 76.8 Å². The molecule has 0 amide bonds. The third-order valence-electron chi connectivity index (χ3n) is 10.9. The Labute approximate surface area is 322 Å². The Morgan fingerprint density at radius 2 is 0.618 bits per heavy atom. The minimum atomic E-state index is 1.10. The van der Waals surface area contributed by atoms with Gasteiger partial charge in [-0.2, -0.15) is 0 Å². The van der Waals surface area contributed by atoms with Gasteiger partial charge in [0.15, 0.2) is 0 Å². The molecule has 0 fully saturated rings. The molecule has 0 N–H and O–H groups in total. The monoisotopic (exact) mass is 699 g/mol. The Balaban J connectivity index is 1.08. The summed E-state index contributed by atoms with van der Waals surface area (Å²) < 4.78 is 0. The molecule has 0 aliphatic heterocycles. The van der Waals surface area contributed by atoms with Gasteiger partial charge in [-0.05, 0) is 119 Å². The second-order valence-electron chi connectivity index (χ2n) is 14.1. The summed E-state index contributed by atoms with van der Waals surface area (Å²) in [7, 11) is 0. The first-order chi connectivity index (χ1) is 27.3. The molecular weight excluding hydrogens is 663 g/mol. The maximum Gasteiger partial charge on any atom is 0.0467 e. The fourth-order valence-corrected chi connectivity index (χ4v) is 8.13. The third-order valence-corrected chi connectivity index (χ3v) is 10.9. The molecule has 0 atom stereocenters. The molecule has 10 rings (SSSR count). The summed E-state index contributed by atoms with van der Waals surface area (Å²) in [5, 5.41) is 7.51. The van der Waals surface area contributed by atoms with Crippen LogP contribution in [-0.4, -0.2) is 0 Å². The van der Waals surface area contributed by atoms with E-state index in [1.807, 2.05) is 0 Å². The molecule has 0 radical (unpaired) electrons. The summed E-state index contributed by atoms with van der Waals surface area (Å²) in [4.78, 5) is 2.37. The largest absolute Gasteiger partial charge is 0.310 e. The van der Waals surface area contributed by atoms with Gasteiger partial charge >= 0.3 is 0 Å². The van der Waals surface area contributed by atoms with Crippen LogP contribution in [0.2, 0.25) is 0 Å². The molecule has 0 saturated carbocycles. The van der Waals surface area contributed by atoms with Crippen molar-refractivity contribution < 1.29 is 0 Å². The highest BCUT2D eigenvalue weighted by atomic mass is 15.1. The van der Waals surface area contributed by atoms with Gasteiger partial charge in [-0.25, -0.2) is 0 Å². The molecule has 55 heavy (non-hydrogen) atoms. The minimum absolute atomic E-state index is 1.10. The van der Waals surface area contributed by atoms with Crippen molar-refractivity contribution in [2.75, 3.05) is 4.90 Å². The van der Waals surface area contributed by atoms with E-state index in [1.54, 1.807) is 0 Å². The van der Waals surface area contributed by atoms with Gasteiger partial charge in [0, 0.05) is 17.1 Å². The van der Waals surface area contributed by atoms with Crippen LogP contribution in [0.1, 0.15) is 0 Å². The van der Waals surface area contributed by atoms with Gasteiger partial charge in [0.05, 0.1) is 0 Å². The molecule has 10 aromatic rings. The van der Waals surface area contributed by atoms with Gasteiger partial charge in [-0.3, -0.25) is 0 Å². The van der Waals surface area contributed by atoms with Crippen molar-refractivity contribution in [1.82, 2.24) is 0 Å². The molecule has 0 bridgehead atoms. The lowest BCUT2D eigenvalue weighted by molar-refractivity contribution is 1.28. The number of anilines is 3. The number of nitrogens with zero attached hydrogens (tertiary/aromatic N) is 1. The summed E-state index contributed by atoms with van der Waals surface area (Å²) in [5.74, 6) is 0. The van der Waals surface area contributed by atoms with Crippen LogP contribution >= 0.6 is 0 Å². The van der Waals surface area contributed by atoms with Crippen molar-refractivity contribution in [3.05, 3.63) is 224 Å². The molecule has 0 aliphatic carbocycles. The molecule has 0 aromatic heterocycles. The summed E-state index contributed by atoms with van der Waals surface area (Å²) in [6, 6.07) is 81.4. The molecule has 1 nitrogen and oxygen atoms in total.